The van der Waals surface area contributed by atoms with Gasteiger partial charge in [0.15, 0.2) is 11.5 Å². The van der Waals surface area contributed by atoms with Crippen molar-refractivity contribution in [3.8, 4) is 0 Å². The summed E-state index contributed by atoms with van der Waals surface area (Å²) in [6.45, 7) is 2.90. The minimum Gasteiger partial charge on any atom is -0.303 e. The second kappa shape index (κ2) is 5.93. The lowest BCUT2D eigenvalue weighted by atomic mass is 10.3. The number of halogens is 2. The summed E-state index contributed by atoms with van der Waals surface area (Å²) in [7, 11) is 0. The third kappa shape index (κ3) is 2.81. The van der Waals surface area contributed by atoms with Crippen molar-refractivity contribution in [2.24, 2.45) is 0 Å². The van der Waals surface area contributed by atoms with E-state index in [9.17, 15) is 0 Å². The first-order valence-electron chi connectivity index (χ1n) is 6.12. The van der Waals surface area contributed by atoms with Crippen LogP contribution in [0, 0.1) is 0 Å². The van der Waals surface area contributed by atoms with Gasteiger partial charge in [0.05, 0.1) is 9.83 Å². The lowest BCUT2D eigenvalue weighted by Gasteiger charge is -2.11. The normalized spacial score (nSPS) is 12.9. The number of thiophene rings is 1. The molecule has 104 valence electrons. The van der Waals surface area contributed by atoms with Gasteiger partial charge in [-0.15, -0.1) is 21.5 Å². The van der Waals surface area contributed by atoms with E-state index in [2.05, 4.69) is 60.4 Å². The van der Waals surface area contributed by atoms with Crippen molar-refractivity contribution >= 4 is 48.8 Å². The van der Waals surface area contributed by atoms with Crippen LogP contribution in [0.3, 0.4) is 0 Å². The standard InChI is InChI=1S/C13H12Br2N4S/c1-8(16-7-9-6-10(14)12(15)20-9)13-18-17-11-4-2-3-5-19(11)13/h2-6,8,16H,7H2,1H3. The molecule has 0 fully saturated rings. The second-order valence-electron chi connectivity index (χ2n) is 4.42. The number of hydrogen-bond donors (Lipinski definition) is 1. The highest BCUT2D eigenvalue weighted by Gasteiger charge is 2.13. The smallest absolute Gasteiger partial charge is 0.160 e. The SMILES string of the molecule is CC(NCc1cc(Br)c(Br)s1)c1nnc2ccccn12. The van der Waals surface area contributed by atoms with Gasteiger partial charge in [-0.2, -0.15) is 0 Å². The summed E-state index contributed by atoms with van der Waals surface area (Å²) in [5.41, 5.74) is 0.873. The third-order valence-electron chi connectivity index (χ3n) is 3.01. The zero-order valence-corrected chi connectivity index (χ0v) is 14.7. The van der Waals surface area contributed by atoms with Crippen LogP contribution < -0.4 is 5.32 Å². The van der Waals surface area contributed by atoms with Gasteiger partial charge in [-0.25, -0.2) is 0 Å². The number of nitrogens with zero attached hydrogens (tertiary/aromatic N) is 3. The fraction of sp³-hybridized carbons (Fsp3) is 0.231. The van der Waals surface area contributed by atoms with E-state index in [0.717, 1.165) is 26.3 Å². The summed E-state index contributed by atoms with van der Waals surface area (Å²) in [5, 5.41) is 11.9. The Morgan fingerprint density at radius 2 is 2.20 bits per heavy atom. The lowest BCUT2D eigenvalue weighted by Crippen LogP contribution is -2.19. The van der Waals surface area contributed by atoms with Crippen molar-refractivity contribution in [1.82, 2.24) is 19.9 Å². The number of aromatic nitrogens is 3. The summed E-state index contributed by atoms with van der Waals surface area (Å²) >= 11 is 8.74. The summed E-state index contributed by atoms with van der Waals surface area (Å²) in [6, 6.07) is 8.16. The fourth-order valence-corrected chi connectivity index (χ4v) is 4.11. The Balaban J connectivity index is 1.74. The Kier molecular flexibility index (Phi) is 4.21. The molecule has 0 aromatic carbocycles. The Morgan fingerprint density at radius 1 is 1.35 bits per heavy atom. The zero-order valence-electron chi connectivity index (χ0n) is 10.7. The van der Waals surface area contributed by atoms with Gasteiger partial charge in [-0.05, 0) is 57.0 Å². The van der Waals surface area contributed by atoms with E-state index in [1.807, 2.05) is 28.8 Å². The summed E-state index contributed by atoms with van der Waals surface area (Å²) in [4.78, 5) is 1.27. The Bertz CT molecular complexity index is 717. The van der Waals surface area contributed by atoms with Gasteiger partial charge >= 0.3 is 0 Å². The second-order valence-corrected chi connectivity index (χ2v) is 7.73. The number of pyridine rings is 1. The van der Waals surface area contributed by atoms with Gasteiger partial charge in [0.1, 0.15) is 0 Å². The minimum absolute atomic E-state index is 0.132. The molecule has 4 nitrogen and oxygen atoms in total. The maximum absolute atomic E-state index is 4.27. The van der Waals surface area contributed by atoms with E-state index in [1.54, 1.807) is 11.3 Å². The molecule has 7 heteroatoms. The number of nitrogens with one attached hydrogen (secondary N) is 1. The highest BCUT2D eigenvalue weighted by Crippen LogP contribution is 2.32. The summed E-state index contributed by atoms with van der Waals surface area (Å²) < 4.78 is 4.23. The predicted molar refractivity (Wildman–Crippen MR) is 88.0 cm³/mol. The maximum Gasteiger partial charge on any atom is 0.160 e. The van der Waals surface area contributed by atoms with E-state index in [4.69, 9.17) is 0 Å². The molecule has 20 heavy (non-hydrogen) atoms. The van der Waals surface area contributed by atoms with Crippen molar-refractivity contribution in [3.63, 3.8) is 0 Å². The monoisotopic (exact) mass is 414 g/mol. The van der Waals surface area contributed by atoms with Gasteiger partial charge in [-0.3, -0.25) is 4.40 Å². The molecule has 0 bridgehead atoms. The van der Waals surface area contributed by atoms with Crippen LogP contribution in [0.4, 0.5) is 0 Å². The maximum atomic E-state index is 4.27. The van der Waals surface area contributed by atoms with Crippen LogP contribution in [0.5, 0.6) is 0 Å². The first-order chi connectivity index (χ1) is 9.65. The van der Waals surface area contributed by atoms with Crippen molar-refractivity contribution < 1.29 is 0 Å². The Labute approximate surface area is 137 Å². The highest BCUT2D eigenvalue weighted by atomic mass is 79.9. The average molecular weight is 416 g/mol. The molecule has 3 aromatic heterocycles. The van der Waals surface area contributed by atoms with Crippen LogP contribution in [0.15, 0.2) is 38.7 Å². The van der Waals surface area contributed by atoms with Crippen molar-refractivity contribution in [3.05, 3.63) is 49.4 Å². The molecule has 1 N–H and O–H groups in total. The molecule has 3 rings (SSSR count). The van der Waals surface area contributed by atoms with E-state index >= 15 is 0 Å². The number of hydrogen-bond acceptors (Lipinski definition) is 4. The lowest BCUT2D eigenvalue weighted by molar-refractivity contribution is 0.545. The Hall–Kier alpha value is -0.760. The van der Waals surface area contributed by atoms with Crippen molar-refractivity contribution in [2.75, 3.05) is 0 Å². The molecule has 0 spiro atoms. The van der Waals surface area contributed by atoms with Crippen LogP contribution in [0.2, 0.25) is 0 Å². The topological polar surface area (TPSA) is 42.2 Å². The van der Waals surface area contributed by atoms with Crippen LogP contribution in [0.1, 0.15) is 23.7 Å². The molecule has 1 unspecified atom stereocenters. The van der Waals surface area contributed by atoms with Crippen molar-refractivity contribution in [1.29, 1.82) is 0 Å². The van der Waals surface area contributed by atoms with Gasteiger partial charge in [0, 0.05) is 22.1 Å². The van der Waals surface area contributed by atoms with Crippen molar-refractivity contribution in [2.45, 2.75) is 19.5 Å². The first-order valence-corrected chi connectivity index (χ1v) is 8.52. The number of rotatable bonds is 4. The average Bonchev–Trinajstić information content (AvgIpc) is 3.00. The van der Waals surface area contributed by atoms with E-state index < -0.39 is 0 Å². The van der Waals surface area contributed by atoms with Crippen LogP contribution in [-0.2, 0) is 6.54 Å². The molecule has 0 amide bonds. The quantitative estimate of drug-likeness (QED) is 0.695. The molecule has 0 saturated heterocycles. The largest absolute Gasteiger partial charge is 0.303 e. The summed E-state index contributed by atoms with van der Waals surface area (Å²) in [6.07, 6.45) is 1.99. The molecule has 0 saturated carbocycles. The van der Waals surface area contributed by atoms with Gasteiger partial charge in [0.2, 0.25) is 0 Å². The molecule has 3 heterocycles. The number of fused-ring (bicyclic) bond motifs is 1. The zero-order chi connectivity index (χ0) is 14.1. The third-order valence-corrected chi connectivity index (χ3v) is 6.26. The van der Waals surface area contributed by atoms with Gasteiger partial charge in [0.25, 0.3) is 0 Å². The van der Waals surface area contributed by atoms with Gasteiger partial charge in [-0.1, -0.05) is 6.07 Å². The first kappa shape index (κ1) is 14.2. The van der Waals surface area contributed by atoms with Crippen LogP contribution in [0.25, 0.3) is 5.65 Å². The molecule has 3 aromatic rings. The molecular formula is C13H12Br2N4S. The highest BCUT2D eigenvalue weighted by molar-refractivity contribution is 9.13. The van der Waals surface area contributed by atoms with Crippen LogP contribution in [-0.4, -0.2) is 14.6 Å². The molecule has 1 atom stereocenters. The van der Waals surface area contributed by atoms with Gasteiger partial charge < -0.3 is 5.32 Å². The van der Waals surface area contributed by atoms with E-state index in [-0.39, 0.29) is 6.04 Å². The molecule has 0 aliphatic carbocycles. The molecular weight excluding hydrogens is 404 g/mol. The summed E-state index contributed by atoms with van der Waals surface area (Å²) in [5.74, 6) is 0.926. The minimum atomic E-state index is 0.132. The molecule has 0 aliphatic heterocycles. The predicted octanol–water partition coefficient (Wildman–Crippen LogP) is 4.17. The van der Waals surface area contributed by atoms with Crippen LogP contribution >= 0.6 is 43.2 Å². The van der Waals surface area contributed by atoms with E-state index in [1.165, 1.54) is 4.88 Å². The molecule has 0 radical (unpaired) electrons. The molecule has 0 aliphatic rings. The fourth-order valence-electron chi connectivity index (χ4n) is 1.98. The van der Waals surface area contributed by atoms with E-state index in [0.29, 0.717) is 0 Å². The Morgan fingerprint density at radius 3 is 2.95 bits per heavy atom.